The van der Waals surface area contributed by atoms with Crippen molar-refractivity contribution in [3.05, 3.63) is 126 Å². The molecule has 5 rings (SSSR count). The molecule has 9 heteroatoms. The zero-order chi connectivity index (χ0) is 26.7. The highest BCUT2D eigenvalue weighted by atomic mass is 19.4. The average molecular weight is 509 g/mol. The number of carbonyl (C=O) groups is 1. The minimum atomic E-state index is -5.08. The Morgan fingerprint density at radius 1 is 0.919 bits per heavy atom. The number of carboxylic acids is 1. The number of hydrogen-bond acceptors (Lipinski definition) is 4. The molecule has 0 spiro atoms. The van der Waals surface area contributed by atoms with Crippen molar-refractivity contribution in [2.24, 2.45) is 4.99 Å². The molecule has 192 valence electrons. The molecule has 1 aromatic heterocycles. The molecule has 0 aliphatic carbocycles. The number of halogens is 3. The number of aromatic amines is 1. The third-order valence-corrected chi connectivity index (χ3v) is 5.50. The molecule has 3 aromatic carbocycles. The van der Waals surface area contributed by atoms with Gasteiger partial charge in [-0.1, -0.05) is 84.9 Å². The van der Waals surface area contributed by atoms with E-state index in [1.165, 1.54) is 22.3 Å². The Kier molecular flexibility index (Phi) is 9.60. The third-order valence-electron chi connectivity index (χ3n) is 5.50. The SMILES string of the molecule is Cc1ccccc1CC1=N[C@H](c2ccccc2)[C@H](c2ccccc2)N1.O=C(O)C(F)(F)F.c1c[nH]cn1. The van der Waals surface area contributed by atoms with Crippen LogP contribution in [-0.2, 0) is 11.2 Å². The fourth-order valence-corrected chi connectivity index (χ4v) is 3.68. The van der Waals surface area contributed by atoms with Crippen LogP contribution >= 0.6 is 0 Å². The first-order chi connectivity index (χ1) is 17.8. The van der Waals surface area contributed by atoms with Crippen LogP contribution in [0.1, 0.15) is 34.3 Å². The van der Waals surface area contributed by atoms with Crippen molar-refractivity contribution >= 4 is 11.8 Å². The molecule has 1 aliphatic rings. The summed E-state index contributed by atoms with van der Waals surface area (Å²) >= 11 is 0. The number of aryl methyl sites for hydroxylation is 1. The van der Waals surface area contributed by atoms with Gasteiger partial charge >= 0.3 is 12.1 Å². The molecule has 1 aliphatic heterocycles. The van der Waals surface area contributed by atoms with Gasteiger partial charge in [0.2, 0.25) is 0 Å². The van der Waals surface area contributed by atoms with E-state index >= 15 is 0 Å². The number of aliphatic carboxylic acids is 1. The molecule has 0 bridgehead atoms. The molecule has 0 fully saturated rings. The van der Waals surface area contributed by atoms with Crippen LogP contribution in [0, 0.1) is 6.92 Å². The maximum Gasteiger partial charge on any atom is 0.490 e. The molecule has 6 nitrogen and oxygen atoms in total. The number of carboxylic acid groups (broad SMARTS) is 1. The molecule has 0 radical (unpaired) electrons. The highest BCUT2D eigenvalue weighted by Crippen LogP contribution is 2.36. The van der Waals surface area contributed by atoms with E-state index in [4.69, 9.17) is 14.9 Å². The topological polar surface area (TPSA) is 90.4 Å². The number of alkyl halides is 3. The van der Waals surface area contributed by atoms with E-state index in [1.807, 2.05) is 0 Å². The Balaban J connectivity index is 0.000000262. The number of H-pyrrole nitrogens is 1. The largest absolute Gasteiger partial charge is 0.490 e. The first kappa shape index (κ1) is 27.2. The summed E-state index contributed by atoms with van der Waals surface area (Å²) in [7, 11) is 0. The number of hydrogen-bond donors (Lipinski definition) is 3. The zero-order valence-corrected chi connectivity index (χ0v) is 20.1. The molecule has 0 saturated heterocycles. The zero-order valence-electron chi connectivity index (χ0n) is 20.1. The van der Waals surface area contributed by atoms with Gasteiger partial charge in [0.25, 0.3) is 0 Å². The van der Waals surface area contributed by atoms with E-state index < -0.39 is 12.1 Å². The molecule has 0 unspecified atom stereocenters. The lowest BCUT2D eigenvalue weighted by molar-refractivity contribution is -0.192. The summed E-state index contributed by atoms with van der Waals surface area (Å²) in [6.07, 6.45) is 0.847. The second kappa shape index (κ2) is 13.1. The van der Waals surface area contributed by atoms with Crippen molar-refractivity contribution in [3.63, 3.8) is 0 Å². The summed E-state index contributed by atoms with van der Waals surface area (Å²) in [6, 6.07) is 30.0. The van der Waals surface area contributed by atoms with Crippen molar-refractivity contribution in [1.29, 1.82) is 0 Å². The van der Waals surface area contributed by atoms with Gasteiger partial charge in [0, 0.05) is 18.8 Å². The van der Waals surface area contributed by atoms with Gasteiger partial charge in [0.1, 0.15) is 11.9 Å². The van der Waals surface area contributed by atoms with E-state index in [2.05, 4.69) is 107 Å². The summed E-state index contributed by atoms with van der Waals surface area (Å²) in [5.74, 6) is -1.69. The second-order valence-corrected chi connectivity index (χ2v) is 8.13. The van der Waals surface area contributed by atoms with Crippen LogP contribution in [0.25, 0.3) is 0 Å². The number of rotatable bonds is 4. The highest BCUT2D eigenvalue weighted by molar-refractivity contribution is 5.87. The average Bonchev–Trinajstić information content (AvgIpc) is 3.60. The Hall–Kier alpha value is -4.40. The molecule has 37 heavy (non-hydrogen) atoms. The van der Waals surface area contributed by atoms with Gasteiger partial charge in [-0.2, -0.15) is 13.2 Å². The first-order valence-electron chi connectivity index (χ1n) is 11.5. The van der Waals surface area contributed by atoms with Crippen molar-refractivity contribution in [1.82, 2.24) is 15.3 Å². The standard InChI is InChI=1S/C23H22N2.C3H4N2.C2HF3O2/c1-17-10-8-9-15-20(17)16-21-24-22(18-11-4-2-5-12-18)23(25-21)19-13-6-3-7-14-19;1-2-5-3-4-1;3-2(4,5)1(6)7/h2-15,22-23H,16H2,1H3,(H,24,25);1-3H,(H,4,5);(H,6,7)/t22-,23+;;. The normalized spacial score (nSPS) is 16.3. The third kappa shape index (κ3) is 8.34. The molecule has 0 saturated carbocycles. The predicted octanol–water partition coefficient (Wildman–Crippen LogP) is 6.06. The van der Waals surface area contributed by atoms with Crippen LogP contribution in [0.2, 0.25) is 0 Å². The Morgan fingerprint density at radius 3 is 1.97 bits per heavy atom. The van der Waals surface area contributed by atoms with E-state index in [0.29, 0.717) is 0 Å². The Morgan fingerprint density at radius 2 is 1.49 bits per heavy atom. The summed E-state index contributed by atoms with van der Waals surface area (Å²) < 4.78 is 31.7. The first-order valence-corrected chi connectivity index (χ1v) is 11.5. The van der Waals surface area contributed by atoms with Crippen LogP contribution in [0.5, 0.6) is 0 Å². The molecular formula is C28H27F3N4O2. The molecule has 2 atom stereocenters. The summed E-state index contributed by atoms with van der Waals surface area (Å²) in [5.41, 5.74) is 5.17. The van der Waals surface area contributed by atoms with Crippen LogP contribution in [-0.4, -0.2) is 33.1 Å². The van der Waals surface area contributed by atoms with Gasteiger partial charge in [0.15, 0.2) is 0 Å². The fourth-order valence-electron chi connectivity index (χ4n) is 3.68. The lowest BCUT2D eigenvalue weighted by atomic mass is 9.95. The maximum absolute atomic E-state index is 10.6. The number of amidine groups is 1. The van der Waals surface area contributed by atoms with Gasteiger partial charge in [-0.3, -0.25) is 4.99 Å². The maximum atomic E-state index is 10.6. The molecule has 0 amide bonds. The minimum absolute atomic E-state index is 0.114. The van der Waals surface area contributed by atoms with E-state index in [-0.39, 0.29) is 12.1 Å². The van der Waals surface area contributed by atoms with Gasteiger partial charge in [-0.05, 0) is 29.2 Å². The number of aliphatic imine (C=N–C) groups is 1. The summed E-state index contributed by atoms with van der Waals surface area (Å²) in [5, 5.41) is 10.8. The number of nitrogens with zero attached hydrogens (tertiary/aromatic N) is 2. The fraction of sp³-hybridized carbons (Fsp3) is 0.179. The summed E-state index contributed by atoms with van der Waals surface area (Å²) in [4.78, 5) is 20.4. The van der Waals surface area contributed by atoms with Crippen LogP contribution in [0.3, 0.4) is 0 Å². The van der Waals surface area contributed by atoms with Crippen LogP contribution < -0.4 is 5.32 Å². The van der Waals surface area contributed by atoms with E-state index in [9.17, 15) is 13.2 Å². The molecule has 2 heterocycles. The highest BCUT2D eigenvalue weighted by Gasteiger charge is 2.38. The smallest absolute Gasteiger partial charge is 0.475 e. The van der Waals surface area contributed by atoms with Crippen LogP contribution in [0.4, 0.5) is 13.2 Å². The lowest BCUT2D eigenvalue weighted by Gasteiger charge is -2.19. The van der Waals surface area contributed by atoms with Gasteiger partial charge < -0.3 is 15.4 Å². The van der Waals surface area contributed by atoms with Crippen molar-refractivity contribution in [2.45, 2.75) is 31.6 Å². The van der Waals surface area contributed by atoms with Gasteiger partial charge in [-0.15, -0.1) is 0 Å². The lowest BCUT2D eigenvalue weighted by Crippen LogP contribution is -2.25. The molecular weight excluding hydrogens is 481 g/mol. The number of aromatic nitrogens is 2. The molecule has 3 N–H and O–H groups in total. The summed E-state index contributed by atoms with van der Waals surface area (Å²) in [6.45, 7) is 2.16. The van der Waals surface area contributed by atoms with Gasteiger partial charge in [0.05, 0.1) is 12.4 Å². The van der Waals surface area contributed by atoms with Crippen LogP contribution in [0.15, 0.2) is 109 Å². The van der Waals surface area contributed by atoms with E-state index in [0.717, 1.165) is 12.3 Å². The Labute approximate surface area is 212 Å². The van der Waals surface area contributed by atoms with Gasteiger partial charge in [-0.25, -0.2) is 9.78 Å². The number of imidazole rings is 1. The molecule has 4 aromatic rings. The van der Waals surface area contributed by atoms with Crippen molar-refractivity contribution < 1.29 is 23.1 Å². The van der Waals surface area contributed by atoms with Crippen molar-refractivity contribution in [3.8, 4) is 0 Å². The second-order valence-electron chi connectivity index (χ2n) is 8.13. The van der Waals surface area contributed by atoms with E-state index in [1.54, 1.807) is 18.7 Å². The number of benzene rings is 3. The quantitative estimate of drug-likeness (QED) is 0.312. The Bertz CT molecular complexity index is 1240. The minimum Gasteiger partial charge on any atom is -0.475 e. The number of nitrogens with one attached hydrogen (secondary N) is 2. The van der Waals surface area contributed by atoms with Crippen molar-refractivity contribution in [2.75, 3.05) is 0 Å². The predicted molar refractivity (Wildman–Crippen MR) is 136 cm³/mol. The monoisotopic (exact) mass is 508 g/mol.